The summed E-state index contributed by atoms with van der Waals surface area (Å²) in [4.78, 5) is 59.4. The first kappa shape index (κ1) is 31.8. The van der Waals surface area contributed by atoms with Gasteiger partial charge in [-0.3, -0.25) is 34.0 Å². The number of aromatic nitrogens is 2. The second kappa shape index (κ2) is 14.4. The zero-order chi connectivity index (χ0) is 31.9. The van der Waals surface area contributed by atoms with Gasteiger partial charge in [-0.25, -0.2) is 0 Å². The third-order valence-electron chi connectivity index (χ3n) is 7.47. The molecule has 3 heterocycles. The van der Waals surface area contributed by atoms with E-state index in [1.165, 1.54) is 25.4 Å². The van der Waals surface area contributed by atoms with Gasteiger partial charge in [-0.2, -0.15) is 0 Å². The number of nitrogens with one attached hydrogen (secondary N) is 2. The van der Waals surface area contributed by atoms with Crippen LogP contribution in [-0.4, -0.2) is 58.6 Å². The molecule has 45 heavy (non-hydrogen) atoms. The van der Waals surface area contributed by atoms with Crippen LogP contribution in [-0.2, 0) is 16.1 Å². The molecule has 1 aliphatic rings. The van der Waals surface area contributed by atoms with Gasteiger partial charge in [-0.1, -0.05) is 60.0 Å². The van der Waals surface area contributed by atoms with Gasteiger partial charge in [0.05, 0.1) is 28.5 Å². The number of amides is 2. The van der Waals surface area contributed by atoms with Crippen LogP contribution in [0, 0.1) is 0 Å². The van der Waals surface area contributed by atoms with Crippen molar-refractivity contribution < 1.29 is 23.9 Å². The number of nitrogens with zero attached hydrogens (tertiary/aromatic N) is 3. The molecule has 0 unspecified atom stereocenters. The van der Waals surface area contributed by atoms with Crippen molar-refractivity contribution in [3.63, 3.8) is 0 Å². The van der Waals surface area contributed by atoms with Crippen LogP contribution in [0.2, 0.25) is 10.0 Å². The molecule has 2 aromatic carbocycles. The third kappa shape index (κ3) is 7.37. The molecule has 1 aliphatic heterocycles. The van der Waals surface area contributed by atoms with Crippen molar-refractivity contribution in [2.75, 3.05) is 24.3 Å². The molecule has 2 aromatic heterocycles. The van der Waals surface area contributed by atoms with Crippen LogP contribution < -0.4 is 10.6 Å². The SMILES string of the molecule is COC(=O)[C@@H]1CCCCN1Cc1ccc(C(=O)Nc2cccc(-c3cccc(NC(=O)c4ccc(C=O)cn4)c3Cl)c2Cl)nc1. The maximum absolute atomic E-state index is 13.1. The Bertz CT molecular complexity index is 1730. The molecular weight excluding hydrogens is 617 g/mol. The maximum atomic E-state index is 13.1. The molecule has 0 aliphatic carbocycles. The number of halogens is 2. The van der Waals surface area contributed by atoms with Gasteiger partial charge >= 0.3 is 5.97 Å². The van der Waals surface area contributed by atoms with Gasteiger partial charge in [0.2, 0.25) is 0 Å². The van der Waals surface area contributed by atoms with Crippen LogP contribution in [0.3, 0.4) is 0 Å². The van der Waals surface area contributed by atoms with Crippen LogP contribution in [0.4, 0.5) is 11.4 Å². The van der Waals surface area contributed by atoms with Crippen molar-refractivity contribution >= 4 is 58.6 Å². The number of hydrogen-bond donors (Lipinski definition) is 2. The smallest absolute Gasteiger partial charge is 0.323 e. The van der Waals surface area contributed by atoms with E-state index in [0.29, 0.717) is 40.9 Å². The highest BCUT2D eigenvalue weighted by molar-refractivity contribution is 6.40. The topological polar surface area (TPSA) is 131 Å². The lowest BCUT2D eigenvalue weighted by Crippen LogP contribution is -2.44. The highest BCUT2D eigenvalue weighted by Gasteiger charge is 2.29. The summed E-state index contributed by atoms with van der Waals surface area (Å²) in [6.07, 6.45) is 6.30. The molecular formula is C33H29Cl2N5O5. The largest absolute Gasteiger partial charge is 0.468 e. The number of likely N-dealkylation sites (tertiary alicyclic amines) is 1. The Morgan fingerprint density at radius 3 is 1.98 bits per heavy atom. The van der Waals surface area contributed by atoms with Crippen molar-refractivity contribution in [1.29, 1.82) is 0 Å². The second-order valence-corrected chi connectivity index (χ2v) is 11.1. The van der Waals surface area contributed by atoms with Gasteiger partial charge < -0.3 is 15.4 Å². The van der Waals surface area contributed by atoms with E-state index in [1.807, 2.05) is 6.07 Å². The number of aldehydes is 1. The number of benzene rings is 2. The number of anilines is 2. The summed E-state index contributed by atoms with van der Waals surface area (Å²) in [5.74, 6) is -1.20. The van der Waals surface area contributed by atoms with E-state index in [9.17, 15) is 19.2 Å². The van der Waals surface area contributed by atoms with Gasteiger partial charge in [0.1, 0.15) is 17.4 Å². The third-order valence-corrected chi connectivity index (χ3v) is 8.28. The summed E-state index contributed by atoms with van der Waals surface area (Å²) >= 11 is 13.5. The Balaban J connectivity index is 1.29. The van der Waals surface area contributed by atoms with Crippen molar-refractivity contribution in [2.24, 2.45) is 0 Å². The number of ether oxygens (including phenoxy) is 1. The number of carbonyl (C=O) groups excluding carboxylic acids is 4. The Hall–Kier alpha value is -4.64. The monoisotopic (exact) mass is 645 g/mol. The van der Waals surface area contributed by atoms with Gasteiger partial charge in [-0.15, -0.1) is 0 Å². The molecule has 0 bridgehead atoms. The summed E-state index contributed by atoms with van der Waals surface area (Å²) in [6.45, 7) is 1.30. The molecule has 5 rings (SSSR count). The maximum Gasteiger partial charge on any atom is 0.323 e. The quantitative estimate of drug-likeness (QED) is 0.160. The number of piperidine rings is 1. The molecule has 230 valence electrons. The molecule has 1 saturated heterocycles. The molecule has 0 spiro atoms. The molecule has 2 N–H and O–H groups in total. The first-order valence-electron chi connectivity index (χ1n) is 14.2. The number of methoxy groups -OCH3 is 1. The van der Waals surface area contributed by atoms with Crippen molar-refractivity contribution in [2.45, 2.75) is 31.8 Å². The summed E-state index contributed by atoms with van der Waals surface area (Å²) in [7, 11) is 1.40. The minimum absolute atomic E-state index is 0.114. The lowest BCUT2D eigenvalue weighted by atomic mass is 10.0. The van der Waals surface area contributed by atoms with Crippen molar-refractivity contribution in [1.82, 2.24) is 14.9 Å². The van der Waals surface area contributed by atoms with Gasteiger partial charge in [0.15, 0.2) is 6.29 Å². The summed E-state index contributed by atoms with van der Waals surface area (Å²) in [6, 6.07) is 16.3. The highest BCUT2D eigenvalue weighted by atomic mass is 35.5. The van der Waals surface area contributed by atoms with E-state index in [4.69, 9.17) is 27.9 Å². The average Bonchev–Trinajstić information content (AvgIpc) is 3.07. The summed E-state index contributed by atoms with van der Waals surface area (Å²) < 4.78 is 4.97. The van der Waals surface area contributed by atoms with E-state index < -0.39 is 11.8 Å². The van der Waals surface area contributed by atoms with Crippen molar-refractivity contribution in [3.05, 3.63) is 106 Å². The van der Waals surface area contributed by atoms with Gasteiger partial charge in [-0.05, 0) is 55.3 Å². The Labute approximate surface area is 269 Å². The van der Waals surface area contributed by atoms with E-state index in [1.54, 1.807) is 48.7 Å². The molecule has 0 radical (unpaired) electrons. The molecule has 2 amide bonds. The van der Waals surface area contributed by atoms with Gasteiger partial charge in [0.25, 0.3) is 11.8 Å². The minimum atomic E-state index is -0.503. The molecule has 10 nitrogen and oxygen atoms in total. The fourth-order valence-electron chi connectivity index (χ4n) is 5.13. The van der Waals surface area contributed by atoms with Crippen LogP contribution in [0.25, 0.3) is 11.1 Å². The lowest BCUT2D eigenvalue weighted by molar-refractivity contribution is -0.148. The van der Waals surface area contributed by atoms with Gasteiger partial charge in [0, 0.05) is 35.6 Å². The number of carbonyl (C=O) groups is 4. The molecule has 1 atom stereocenters. The lowest BCUT2D eigenvalue weighted by Gasteiger charge is -2.33. The minimum Gasteiger partial charge on any atom is -0.468 e. The fraction of sp³-hybridized carbons (Fsp3) is 0.212. The average molecular weight is 647 g/mol. The number of esters is 1. The van der Waals surface area contributed by atoms with E-state index >= 15 is 0 Å². The fourth-order valence-corrected chi connectivity index (χ4v) is 5.68. The van der Waals surface area contributed by atoms with E-state index in [-0.39, 0.29) is 33.4 Å². The number of pyridine rings is 2. The normalized spacial score (nSPS) is 14.8. The second-order valence-electron chi connectivity index (χ2n) is 10.4. The zero-order valence-electron chi connectivity index (χ0n) is 24.3. The van der Waals surface area contributed by atoms with Crippen LogP contribution >= 0.6 is 23.2 Å². The van der Waals surface area contributed by atoms with E-state index in [0.717, 1.165) is 31.4 Å². The summed E-state index contributed by atoms with van der Waals surface area (Å²) in [5.41, 5.74) is 3.28. The molecule has 4 aromatic rings. The predicted molar refractivity (Wildman–Crippen MR) is 172 cm³/mol. The standard InChI is InChI=1S/C33H29Cl2N5O5/c1-45-33(44)28-10-2-3-15-40(28)18-20-11-13-26(36-16-20)31(42)38-24-8-4-6-22(29(24)34)23-7-5-9-25(30(23)35)39-32(43)27-14-12-21(19-41)17-37-27/h4-9,11-14,16-17,19,28H,2-3,10,15,18H2,1H3,(H,38,42)(H,39,43)/t28-/m0/s1. The summed E-state index contributed by atoms with van der Waals surface area (Å²) in [5, 5.41) is 6.03. The van der Waals surface area contributed by atoms with Crippen LogP contribution in [0.1, 0.15) is 56.2 Å². The first-order valence-corrected chi connectivity index (χ1v) is 14.9. The van der Waals surface area contributed by atoms with E-state index in [2.05, 4.69) is 25.5 Å². The highest BCUT2D eigenvalue weighted by Crippen LogP contribution is 2.40. The first-order chi connectivity index (χ1) is 21.8. The molecule has 0 saturated carbocycles. The van der Waals surface area contributed by atoms with Crippen LogP contribution in [0.15, 0.2) is 73.1 Å². The number of hydrogen-bond acceptors (Lipinski definition) is 8. The Morgan fingerprint density at radius 1 is 0.867 bits per heavy atom. The Morgan fingerprint density at radius 2 is 1.47 bits per heavy atom. The van der Waals surface area contributed by atoms with Crippen LogP contribution in [0.5, 0.6) is 0 Å². The Kier molecular flexibility index (Phi) is 10.2. The molecule has 12 heteroatoms. The zero-order valence-corrected chi connectivity index (χ0v) is 25.8. The number of rotatable bonds is 9. The predicted octanol–water partition coefficient (Wildman–Crippen LogP) is 6.30. The van der Waals surface area contributed by atoms with Crippen molar-refractivity contribution in [3.8, 4) is 11.1 Å². The molecule has 1 fully saturated rings.